The van der Waals surface area contributed by atoms with Gasteiger partial charge in [-0.1, -0.05) is 158 Å². The maximum absolute atomic E-state index is 6.65. The van der Waals surface area contributed by atoms with Crippen LogP contribution in [0.1, 0.15) is 0 Å². The van der Waals surface area contributed by atoms with E-state index in [9.17, 15) is 0 Å². The number of nitrogens with zero attached hydrogens (tertiary/aromatic N) is 3. The summed E-state index contributed by atoms with van der Waals surface area (Å²) in [6, 6.07) is 91.8. The molecule has 0 bridgehead atoms. The van der Waals surface area contributed by atoms with Crippen LogP contribution >= 0.6 is 0 Å². The fraction of sp³-hybridized carbons (Fsp3) is 0. The van der Waals surface area contributed by atoms with E-state index in [-0.39, 0.29) is 0 Å². The van der Waals surface area contributed by atoms with Crippen LogP contribution in [0.3, 0.4) is 0 Å². The van der Waals surface area contributed by atoms with Gasteiger partial charge in [0.2, 0.25) is 5.89 Å². The van der Waals surface area contributed by atoms with Crippen molar-refractivity contribution in [3.63, 3.8) is 0 Å². The average molecular weight is 834 g/mol. The summed E-state index contributed by atoms with van der Waals surface area (Å²) in [6.45, 7) is 0. The zero-order valence-corrected chi connectivity index (χ0v) is 35.6. The van der Waals surface area contributed by atoms with Crippen LogP contribution in [-0.2, 0) is 0 Å². The Hall–Kier alpha value is -8.73. The van der Waals surface area contributed by atoms with Gasteiger partial charge >= 0.3 is 0 Å². The third-order valence-electron chi connectivity index (χ3n) is 11.8. The van der Waals surface area contributed by atoms with Crippen LogP contribution in [0.5, 0.6) is 0 Å². The normalized spacial score (nSPS) is 11.1. The zero-order chi connectivity index (χ0) is 43.4. The van der Waals surface area contributed by atoms with E-state index in [1.165, 1.54) is 11.1 Å². The van der Waals surface area contributed by atoms with Crippen molar-refractivity contribution in [2.45, 2.75) is 0 Å². The monoisotopic (exact) mass is 833 g/mol. The number of hydrogen-bond donors (Lipinski definition) is 0. The molecular weight excluding hydrogens is 791 g/mol. The minimum absolute atomic E-state index is 0.566. The van der Waals surface area contributed by atoms with Crippen molar-refractivity contribution in [1.29, 1.82) is 0 Å². The van der Waals surface area contributed by atoms with Gasteiger partial charge in [0.15, 0.2) is 5.58 Å². The summed E-state index contributed by atoms with van der Waals surface area (Å²) in [5, 5.41) is 0. The van der Waals surface area contributed by atoms with E-state index in [2.05, 4.69) is 271 Å². The fourth-order valence-corrected chi connectivity index (χ4v) is 8.65. The van der Waals surface area contributed by atoms with Crippen molar-refractivity contribution < 1.29 is 4.42 Å². The molecule has 0 atom stereocenters. The quantitative estimate of drug-likeness (QED) is 0.130. The van der Waals surface area contributed by atoms with Gasteiger partial charge in [0.1, 0.15) is 5.52 Å². The minimum atomic E-state index is 0.566. The molecule has 0 amide bonds. The molecule has 0 unspecified atom stereocenters. The van der Waals surface area contributed by atoms with Crippen molar-refractivity contribution >= 4 is 45.2 Å². The molecule has 4 heteroatoms. The average Bonchev–Trinajstić information content (AvgIpc) is 3.82. The Labute approximate surface area is 379 Å². The van der Waals surface area contributed by atoms with Crippen molar-refractivity contribution in [3.8, 4) is 56.0 Å². The van der Waals surface area contributed by atoms with Gasteiger partial charge in [0.05, 0.1) is 0 Å². The molecule has 10 aromatic carbocycles. The number of hydrogen-bond acceptors (Lipinski definition) is 4. The molecule has 11 rings (SSSR count). The molecule has 1 heterocycles. The van der Waals surface area contributed by atoms with Gasteiger partial charge < -0.3 is 14.2 Å². The molecule has 0 fully saturated rings. The first-order chi connectivity index (χ1) is 32.2. The van der Waals surface area contributed by atoms with Crippen LogP contribution in [0.2, 0.25) is 0 Å². The first-order valence-electron chi connectivity index (χ1n) is 21.9. The first-order valence-corrected chi connectivity index (χ1v) is 21.9. The summed E-state index contributed by atoms with van der Waals surface area (Å²) in [5.74, 6) is 0.566. The van der Waals surface area contributed by atoms with E-state index < -0.39 is 0 Å². The highest BCUT2D eigenvalue weighted by molar-refractivity contribution is 5.90. The molecule has 4 nitrogen and oxygen atoms in total. The van der Waals surface area contributed by atoms with Crippen LogP contribution in [0.4, 0.5) is 34.1 Å². The highest BCUT2D eigenvalue weighted by atomic mass is 16.3. The Kier molecular flexibility index (Phi) is 10.6. The third kappa shape index (κ3) is 8.20. The number of anilines is 6. The van der Waals surface area contributed by atoms with Gasteiger partial charge in [-0.05, 0) is 142 Å². The number of rotatable bonds is 11. The molecule has 0 saturated carbocycles. The van der Waals surface area contributed by atoms with Crippen LogP contribution in [0.15, 0.2) is 265 Å². The molecule has 11 aromatic rings. The lowest BCUT2D eigenvalue weighted by molar-refractivity contribution is 0.620. The fourth-order valence-electron chi connectivity index (χ4n) is 8.65. The van der Waals surface area contributed by atoms with Crippen molar-refractivity contribution in [2.75, 3.05) is 9.80 Å². The Bertz CT molecular complexity index is 3220. The van der Waals surface area contributed by atoms with Gasteiger partial charge in [-0.15, -0.1) is 0 Å². The predicted octanol–water partition coefficient (Wildman–Crippen LogP) is 17.1. The van der Waals surface area contributed by atoms with Gasteiger partial charge in [0.25, 0.3) is 0 Å². The molecule has 65 heavy (non-hydrogen) atoms. The van der Waals surface area contributed by atoms with E-state index in [0.717, 1.165) is 78.6 Å². The minimum Gasteiger partial charge on any atom is -0.436 e. The topological polar surface area (TPSA) is 32.5 Å². The lowest BCUT2D eigenvalue weighted by Crippen LogP contribution is -2.10. The standard InChI is InChI=1S/C61H43N3O/c1-7-19-44(20-8-1)49-37-50(45-21-9-2-10-22-45)40-57(39-49)63(53-27-15-5-16-28-53)55-33-31-48(32-34-55)61-62-59-36-35-56(43-60(59)65-61)64(54-29-17-6-18-30-54)58-41-51(46-23-11-3-12-24-46)38-52(42-58)47-25-13-4-14-26-47/h1-43H. The van der Waals surface area contributed by atoms with Crippen LogP contribution in [0.25, 0.3) is 67.1 Å². The lowest BCUT2D eigenvalue weighted by Gasteiger charge is -2.27. The maximum atomic E-state index is 6.65. The summed E-state index contributed by atoms with van der Waals surface area (Å²) in [4.78, 5) is 9.63. The second-order valence-electron chi connectivity index (χ2n) is 16.1. The van der Waals surface area contributed by atoms with Crippen LogP contribution in [0, 0.1) is 0 Å². The summed E-state index contributed by atoms with van der Waals surface area (Å²) in [7, 11) is 0. The smallest absolute Gasteiger partial charge is 0.227 e. The molecule has 0 radical (unpaired) electrons. The second kappa shape index (κ2) is 17.6. The third-order valence-corrected chi connectivity index (χ3v) is 11.8. The molecule has 0 spiro atoms. The molecule has 308 valence electrons. The Morgan fingerprint density at radius 1 is 0.246 bits per heavy atom. The number of benzene rings is 10. The van der Waals surface area contributed by atoms with Gasteiger partial charge in [-0.25, -0.2) is 4.98 Å². The molecule has 1 aromatic heterocycles. The van der Waals surface area contributed by atoms with E-state index >= 15 is 0 Å². The number of oxazole rings is 1. The Morgan fingerprint density at radius 3 is 0.985 bits per heavy atom. The van der Waals surface area contributed by atoms with E-state index in [0.29, 0.717) is 11.5 Å². The Balaban J connectivity index is 0.975. The second-order valence-corrected chi connectivity index (χ2v) is 16.1. The summed E-state index contributed by atoms with van der Waals surface area (Å²) in [5.41, 5.74) is 17.8. The molecule has 0 N–H and O–H groups in total. The molecule has 0 aliphatic carbocycles. The molecule has 0 aliphatic heterocycles. The maximum Gasteiger partial charge on any atom is 0.227 e. The molecular formula is C61H43N3O. The number of fused-ring (bicyclic) bond motifs is 1. The van der Waals surface area contributed by atoms with Gasteiger partial charge in [0, 0.05) is 45.8 Å². The molecule has 0 aliphatic rings. The van der Waals surface area contributed by atoms with E-state index in [1.807, 2.05) is 0 Å². The first kappa shape index (κ1) is 39.1. The zero-order valence-electron chi connectivity index (χ0n) is 35.6. The highest BCUT2D eigenvalue weighted by Gasteiger charge is 2.20. The predicted molar refractivity (Wildman–Crippen MR) is 271 cm³/mol. The van der Waals surface area contributed by atoms with Crippen molar-refractivity contribution in [3.05, 3.63) is 261 Å². The van der Waals surface area contributed by atoms with Crippen molar-refractivity contribution in [1.82, 2.24) is 4.98 Å². The van der Waals surface area contributed by atoms with Gasteiger partial charge in [-0.2, -0.15) is 0 Å². The SMILES string of the molecule is c1ccc(-c2cc(-c3ccccc3)cc(N(c3ccccc3)c3ccc(-c4nc5ccc(N(c6ccccc6)c6cc(-c7ccccc7)cc(-c7ccccc7)c6)cc5o4)cc3)c2)cc1. The number of aromatic nitrogens is 1. The highest BCUT2D eigenvalue weighted by Crippen LogP contribution is 2.43. The summed E-state index contributed by atoms with van der Waals surface area (Å²) in [6.07, 6.45) is 0. The molecule has 0 saturated heterocycles. The van der Waals surface area contributed by atoms with Crippen molar-refractivity contribution in [2.24, 2.45) is 0 Å². The number of para-hydroxylation sites is 2. The van der Waals surface area contributed by atoms with Crippen LogP contribution in [-0.4, -0.2) is 4.98 Å². The van der Waals surface area contributed by atoms with Crippen LogP contribution < -0.4 is 9.80 Å². The van der Waals surface area contributed by atoms with E-state index in [4.69, 9.17) is 9.40 Å². The van der Waals surface area contributed by atoms with E-state index in [1.54, 1.807) is 0 Å². The lowest BCUT2D eigenvalue weighted by atomic mass is 9.97. The van der Waals surface area contributed by atoms with Gasteiger partial charge in [-0.3, -0.25) is 0 Å². The Morgan fingerprint density at radius 2 is 0.585 bits per heavy atom. The largest absolute Gasteiger partial charge is 0.436 e. The summed E-state index contributed by atoms with van der Waals surface area (Å²) < 4.78 is 6.65. The summed E-state index contributed by atoms with van der Waals surface area (Å²) >= 11 is 0.